The lowest BCUT2D eigenvalue weighted by Crippen LogP contribution is -2.54. The van der Waals surface area contributed by atoms with E-state index in [0.29, 0.717) is 6.04 Å². The highest BCUT2D eigenvalue weighted by Gasteiger charge is 2.35. The molecule has 21 heavy (non-hydrogen) atoms. The van der Waals surface area contributed by atoms with E-state index in [1.165, 1.54) is 7.11 Å². The maximum absolute atomic E-state index is 12.7. The number of amides is 2. The quantitative estimate of drug-likeness (QED) is 0.777. The summed E-state index contributed by atoms with van der Waals surface area (Å²) in [5, 5.41) is 6.04. The lowest BCUT2D eigenvalue weighted by molar-refractivity contribution is -0.135. The second-order valence-corrected chi connectivity index (χ2v) is 6.25. The van der Waals surface area contributed by atoms with Crippen molar-refractivity contribution in [1.29, 1.82) is 0 Å². The second kappa shape index (κ2) is 8.22. The highest BCUT2D eigenvalue weighted by Crippen LogP contribution is 2.19. The Morgan fingerprint density at radius 2 is 1.95 bits per heavy atom. The molecule has 6 heteroatoms. The number of hydrogen-bond donors (Lipinski definition) is 2. The molecule has 0 saturated carbocycles. The number of likely N-dealkylation sites (tertiary alicyclic amines) is 1. The van der Waals surface area contributed by atoms with Gasteiger partial charge in [0.25, 0.3) is 0 Å². The molecule has 2 N–H and O–H groups in total. The molecule has 6 nitrogen and oxygen atoms in total. The van der Waals surface area contributed by atoms with Crippen molar-refractivity contribution in [3.8, 4) is 0 Å². The fraction of sp³-hybridized carbons (Fsp3) is 0.867. The topological polar surface area (TPSA) is 70.7 Å². The fourth-order valence-electron chi connectivity index (χ4n) is 2.59. The van der Waals surface area contributed by atoms with Crippen molar-refractivity contribution in [3.63, 3.8) is 0 Å². The zero-order valence-electron chi connectivity index (χ0n) is 13.8. The maximum atomic E-state index is 12.7. The van der Waals surface area contributed by atoms with E-state index in [1.807, 2.05) is 18.7 Å². The summed E-state index contributed by atoms with van der Waals surface area (Å²) in [5.41, 5.74) is 0. The molecule has 1 heterocycles. The molecule has 0 aromatic carbocycles. The highest BCUT2D eigenvalue weighted by atomic mass is 16.5. The van der Waals surface area contributed by atoms with Crippen molar-refractivity contribution in [2.24, 2.45) is 5.92 Å². The van der Waals surface area contributed by atoms with Gasteiger partial charge in [-0.05, 0) is 18.8 Å². The van der Waals surface area contributed by atoms with Gasteiger partial charge in [0, 0.05) is 25.2 Å². The number of ether oxygens (including phenoxy) is 1. The zero-order valence-corrected chi connectivity index (χ0v) is 13.8. The van der Waals surface area contributed by atoms with Gasteiger partial charge in [0.05, 0.1) is 7.11 Å². The third-order valence-electron chi connectivity index (χ3n) is 3.81. The van der Waals surface area contributed by atoms with Crippen LogP contribution in [0.15, 0.2) is 0 Å². The molecule has 1 saturated heterocycles. The van der Waals surface area contributed by atoms with Crippen molar-refractivity contribution in [1.82, 2.24) is 15.5 Å². The van der Waals surface area contributed by atoms with E-state index in [-0.39, 0.29) is 17.9 Å². The third-order valence-corrected chi connectivity index (χ3v) is 3.81. The number of carbonyl (C=O) groups is 2. The molecule has 1 rings (SSSR count). The normalized spacial score (nSPS) is 20.0. The Labute approximate surface area is 127 Å². The molecule has 2 amide bonds. The molecule has 0 aromatic heterocycles. The monoisotopic (exact) mass is 299 g/mol. The summed E-state index contributed by atoms with van der Waals surface area (Å²) >= 11 is 0. The minimum Gasteiger partial charge on any atom is -0.453 e. The van der Waals surface area contributed by atoms with Gasteiger partial charge in [-0.3, -0.25) is 4.79 Å². The van der Waals surface area contributed by atoms with Gasteiger partial charge >= 0.3 is 6.09 Å². The van der Waals surface area contributed by atoms with Crippen LogP contribution in [-0.4, -0.2) is 55.2 Å². The van der Waals surface area contributed by atoms with Crippen LogP contribution in [0.2, 0.25) is 0 Å². The molecule has 0 radical (unpaired) electrons. The Morgan fingerprint density at radius 1 is 1.29 bits per heavy atom. The third kappa shape index (κ3) is 5.19. The molecule has 0 aliphatic carbocycles. The molecule has 1 aliphatic heterocycles. The molecular weight excluding hydrogens is 270 g/mol. The van der Waals surface area contributed by atoms with E-state index < -0.39 is 12.1 Å². The maximum Gasteiger partial charge on any atom is 0.407 e. The lowest BCUT2D eigenvalue weighted by atomic mass is 10.0. The number of methoxy groups -OCH3 is 1. The van der Waals surface area contributed by atoms with Gasteiger partial charge in [-0.2, -0.15) is 0 Å². The second-order valence-electron chi connectivity index (χ2n) is 6.25. The molecular formula is C15H29N3O3. The standard InChI is InChI=1S/C15H29N3O3/c1-10(2)13(17-15(20)21-5)14(19)18-8-6-7-12(18)9-16-11(3)4/h10-13,16H,6-9H2,1-5H3,(H,17,20)/t12-,13-/m0/s1. The minimum absolute atomic E-state index is 0.0107. The van der Waals surface area contributed by atoms with Crippen LogP contribution in [0.3, 0.4) is 0 Å². The van der Waals surface area contributed by atoms with Crippen molar-refractivity contribution in [3.05, 3.63) is 0 Å². The first-order valence-electron chi connectivity index (χ1n) is 7.75. The van der Waals surface area contributed by atoms with Crippen LogP contribution in [-0.2, 0) is 9.53 Å². The molecule has 122 valence electrons. The van der Waals surface area contributed by atoms with Gasteiger partial charge in [0.1, 0.15) is 6.04 Å². The summed E-state index contributed by atoms with van der Waals surface area (Å²) < 4.78 is 4.62. The molecule has 2 atom stereocenters. The Bertz CT molecular complexity index is 358. The molecule has 0 unspecified atom stereocenters. The Kier molecular flexibility index (Phi) is 6.95. The van der Waals surface area contributed by atoms with Gasteiger partial charge in [0.2, 0.25) is 5.91 Å². The Morgan fingerprint density at radius 3 is 2.48 bits per heavy atom. The molecule has 0 spiro atoms. The number of nitrogens with one attached hydrogen (secondary N) is 2. The van der Waals surface area contributed by atoms with Crippen molar-refractivity contribution in [2.75, 3.05) is 20.2 Å². The number of nitrogens with zero attached hydrogens (tertiary/aromatic N) is 1. The summed E-state index contributed by atoms with van der Waals surface area (Å²) in [6, 6.07) is 0.0781. The van der Waals surface area contributed by atoms with Crippen molar-refractivity contribution < 1.29 is 14.3 Å². The minimum atomic E-state index is -0.557. The predicted molar refractivity (Wildman–Crippen MR) is 82.0 cm³/mol. The summed E-state index contributed by atoms with van der Waals surface area (Å²) in [5.74, 6) is 0.0133. The van der Waals surface area contributed by atoms with Gasteiger partial charge in [-0.1, -0.05) is 27.7 Å². The summed E-state index contributed by atoms with van der Waals surface area (Å²) in [4.78, 5) is 26.0. The zero-order chi connectivity index (χ0) is 16.0. The highest BCUT2D eigenvalue weighted by molar-refractivity contribution is 5.86. The van der Waals surface area contributed by atoms with Crippen LogP contribution in [0.5, 0.6) is 0 Å². The molecule has 0 bridgehead atoms. The van der Waals surface area contributed by atoms with E-state index in [1.54, 1.807) is 0 Å². The van der Waals surface area contributed by atoms with Crippen LogP contribution < -0.4 is 10.6 Å². The summed E-state index contributed by atoms with van der Waals surface area (Å²) in [6.45, 7) is 9.60. The largest absolute Gasteiger partial charge is 0.453 e. The van der Waals surface area contributed by atoms with Crippen LogP contribution in [0.4, 0.5) is 4.79 Å². The van der Waals surface area contributed by atoms with E-state index in [4.69, 9.17) is 0 Å². The first kappa shape index (κ1) is 17.8. The fourth-order valence-corrected chi connectivity index (χ4v) is 2.59. The summed E-state index contributed by atoms with van der Waals surface area (Å²) in [6.07, 6.45) is 1.46. The number of hydrogen-bond acceptors (Lipinski definition) is 4. The van der Waals surface area contributed by atoms with E-state index in [2.05, 4.69) is 29.2 Å². The Balaban J connectivity index is 2.70. The number of alkyl carbamates (subject to hydrolysis) is 1. The van der Waals surface area contributed by atoms with Gasteiger partial charge in [0.15, 0.2) is 0 Å². The first-order valence-corrected chi connectivity index (χ1v) is 7.75. The van der Waals surface area contributed by atoms with Crippen LogP contribution >= 0.6 is 0 Å². The van der Waals surface area contributed by atoms with E-state index in [0.717, 1.165) is 25.9 Å². The van der Waals surface area contributed by atoms with Crippen molar-refractivity contribution >= 4 is 12.0 Å². The van der Waals surface area contributed by atoms with Crippen molar-refractivity contribution in [2.45, 2.75) is 58.7 Å². The molecule has 0 aromatic rings. The van der Waals surface area contributed by atoms with Crippen LogP contribution in [0, 0.1) is 5.92 Å². The van der Waals surface area contributed by atoms with Crippen LogP contribution in [0.25, 0.3) is 0 Å². The predicted octanol–water partition coefficient (Wildman–Crippen LogP) is 1.36. The molecule has 1 fully saturated rings. The SMILES string of the molecule is COC(=O)N[C@H](C(=O)N1CCC[C@H]1CNC(C)C)C(C)C. The average Bonchev–Trinajstić information content (AvgIpc) is 2.89. The number of carbonyl (C=O) groups excluding carboxylic acids is 2. The van der Waals surface area contributed by atoms with Gasteiger partial charge in [-0.25, -0.2) is 4.79 Å². The Hall–Kier alpha value is -1.30. The van der Waals surface area contributed by atoms with Crippen LogP contribution in [0.1, 0.15) is 40.5 Å². The van der Waals surface area contributed by atoms with E-state index in [9.17, 15) is 9.59 Å². The van der Waals surface area contributed by atoms with E-state index >= 15 is 0 Å². The first-order chi connectivity index (χ1) is 9.86. The van der Waals surface area contributed by atoms with Gasteiger partial charge in [-0.15, -0.1) is 0 Å². The smallest absolute Gasteiger partial charge is 0.407 e. The lowest BCUT2D eigenvalue weighted by Gasteiger charge is -2.31. The van der Waals surface area contributed by atoms with Gasteiger partial charge < -0.3 is 20.3 Å². The summed E-state index contributed by atoms with van der Waals surface area (Å²) in [7, 11) is 1.31. The average molecular weight is 299 g/mol. The molecule has 1 aliphatic rings. The number of rotatable bonds is 6.